The summed E-state index contributed by atoms with van der Waals surface area (Å²) in [5.41, 5.74) is 9.26. The molecule has 0 aromatic heterocycles. The van der Waals surface area contributed by atoms with E-state index in [0.29, 0.717) is 0 Å². The van der Waals surface area contributed by atoms with Gasteiger partial charge < -0.3 is 15.9 Å². The van der Waals surface area contributed by atoms with Crippen LogP contribution in [-0.2, 0) is 0 Å². The summed E-state index contributed by atoms with van der Waals surface area (Å²) in [5.74, 6) is -0.0184. The van der Waals surface area contributed by atoms with Gasteiger partial charge >= 0.3 is 0 Å². The maximum atomic E-state index is 9.13. The second kappa shape index (κ2) is 2.00. The molecule has 0 aromatic carbocycles. The standard InChI is InChI=1S/C6H10N2O2/c7-4-3-6(8,10)2-1-5(4)9/h1,3,9-10H,2,7-8H2. The lowest BCUT2D eigenvalue weighted by Gasteiger charge is -2.21. The first-order chi connectivity index (χ1) is 4.51. The highest BCUT2D eigenvalue weighted by molar-refractivity contribution is 5.29. The lowest BCUT2D eigenvalue weighted by molar-refractivity contribution is 0.0969. The molecule has 0 bridgehead atoms. The van der Waals surface area contributed by atoms with E-state index in [-0.39, 0.29) is 17.9 Å². The Balaban J connectivity index is 2.87. The van der Waals surface area contributed by atoms with E-state index in [2.05, 4.69) is 0 Å². The van der Waals surface area contributed by atoms with Gasteiger partial charge in [0.1, 0.15) is 11.5 Å². The van der Waals surface area contributed by atoms with Gasteiger partial charge in [0.15, 0.2) is 0 Å². The summed E-state index contributed by atoms with van der Waals surface area (Å²) >= 11 is 0. The molecule has 1 unspecified atom stereocenters. The highest BCUT2D eigenvalue weighted by Crippen LogP contribution is 2.17. The van der Waals surface area contributed by atoms with Gasteiger partial charge in [0.2, 0.25) is 0 Å². The maximum Gasteiger partial charge on any atom is 0.138 e. The SMILES string of the molecule is NC1=CC(N)(O)CC=C1O. The van der Waals surface area contributed by atoms with Crippen molar-refractivity contribution in [3.63, 3.8) is 0 Å². The molecule has 1 rings (SSSR count). The molecule has 0 aromatic rings. The number of aliphatic hydroxyl groups excluding tert-OH is 1. The average molecular weight is 142 g/mol. The van der Waals surface area contributed by atoms with E-state index < -0.39 is 5.72 Å². The minimum atomic E-state index is -1.39. The van der Waals surface area contributed by atoms with Crippen LogP contribution in [0.2, 0.25) is 0 Å². The highest BCUT2D eigenvalue weighted by atomic mass is 16.3. The maximum absolute atomic E-state index is 9.13. The topological polar surface area (TPSA) is 92.5 Å². The molecule has 0 fully saturated rings. The molecular formula is C6H10N2O2. The lowest BCUT2D eigenvalue weighted by atomic mass is 10.0. The first-order valence-electron chi connectivity index (χ1n) is 2.90. The first kappa shape index (κ1) is 7.11. The second-order valence-electron chi connectivity index (χ2n) is 2.38. The molecule has 4 nitrogen and oxygen atoms in total. The fourth-order valence-electron chi connectivity index (χ4n) is 0.780. The molecular weight excluding hydrogens is 132 g/mol. The molecule has 0 spiro atoms. The van der Waals surface area contributed by atoms with Gasteiger partial charge in [-0.2, -0.15) is 0 Å². The first-order valence-corrected chi connectivity index (χ1v) is 2.90. The van der Waals surface area contributed by atoms with E-state index in [1.54, 1.807) is 0 Å². The number of hydrogen-bond acceptors (Lipinski definition) is 4. The summed E-state index contributed by atoms with van der Waals surface area (Å²) < 4.78 is 0. The van der Waals surface area contributed by atoms with Crippen molar-refractivity contribution in [3.05, 3.63) is 23.6 Å². The van der Waals surface area contributed by atoms with Crippen LogP contribution in [0.25, 0.3) is 0 Å². The van der Waals surface area contributed by atoms with E-state index in [0.717, 1.165) is 0 Å². The Morgan fingerprint density at radius 2 is 2.20 bits per heavy atom. The van der Waals surface area contributed by atoms with Crippen LogP contribution in [0.5, 0.6) is 0 Å². The van der Waals surface area contributed by atoms with E-state index >= 15 is 0 Å². The van der Waals surface area contributed by atoms with Crippen LogP contribution in [0, 0.1) is 0 Å². The normalized spacial score (nSPS) is 33.0. The molecule has 1 aliphatic carbocycles. The number of rotatable bonds is 0. The Morgan fingerprint density at radius 3 is 2.60 bits per heavy atom. The fraction of sp³-hybridized carbons (Fsp3) is 0.333. The third-order valence-electron chi connectivity index (χ3n) is 1.32. The molecule has 0 aliphatic heterocycles. The molecule has 56 valence electrons. The van der Waals surface area contributed by atoms with Crippen LogP contribution >= 0.6 is 0 Å². The van der Waals surface area contributed by atoms with Crippen molar-refractivity contribution in [1.29, 1.82) is 0 Å². The molecule has 0 heterocycles. The molecule has 0 saturated carbocycles. The van der Waals surface area contributed by atoms with Crippen molar-refractivity contribution in [1.82, 2.24) is 0 Å². The average Bonchev–Trinajstić information content (AvgIpc) is 1.79. The molecule has 0 radical (unpaired) electrons. The predicted molar refractivity (Wildman–Crippen MR) is 36.7 cm³/mol. The summed E-state index contributed by atoms with van der Waals surface area (Å²) in [4.78, 5) is 0. The molecule has 6 N–H and O–H groups in total. The van der Waals surface area contributed by atoms with Crippen molar-refractivity contribution in [3.8, 4) is 0 Å². The quantitative estimate of drug-likeness (QED) is 0.337. The van der Waals surface area contributed by atoms with Crippen molar-refractivity contribution in [2.75, 3.05) is 0 Å². The van der Waals surface area contributed by atoms with Gasteiger partial charge in [-0.25, -0.2) is 0 Å². The minimum Gasteiger partial charge on any atom is -0.506 e. The summed E-state index contributed by atoms with van der Waals surface area (Å²) in [6.45, 7) is 0. The number of nitrogens with two attached hydrogens (primary N) is 2. The van der Waals surface area contributed by atoms with Gasteiger partial charge in [-0.05, 0) is 12.2 Å². The van der Waals surface area contributed by atoms with Crippen LogP contribution in [0.3, 0.4) is 0 Å². The Labute approximate surface area is 58.4 Å². The fourth-order valence-corrected chi connectivity index (χ4v) is 0.780. The van der Waals surface area contributed by atoms with Crippen molar-refractivity contribution >= 4 is 0 Å². The van der Waals surface area contributed by atoms with E-state index in [4.69, 9.17) is 21.7 Å². The zero-order valence-electron chi connectivity index (χ0n) is 5.41. The number of hydrogen-bond donors (Lipinski definition) is 4. The van der Waals surface area contributed by atoms with Crippen molar-refractivity contribution in [2.24, 2.45) is 11.5 Å². The van der Waals surface area contributed by atoms with Crippen LogP contribution in [0.4, 0.5) is 0 Å². The smallest absolute Gasteiger partial charge is 0.138 e. The van der Waals surface area contributed by atoms with Gasteiger partial charge in [-0.1, -0.05) is 0 Å². The third kappa shape index (κ3) is 1.29. The van der Waals surface area contributed by atoms with Crippen LogP contribution < -0.4 is 11.5 Å². The largest absolute Gasteiger partial charge is 0.506 e. The number of aliphatic hydroxyl groups is 2. The van der Waals surface area contributed by atoms with E-state index in [9.17, 15) is 0 Å². The summed E-state index contributed by atoms with van der Waals surface area (Å²) in [6, 6.07) is 0. The summed E-state index contributed by atoms with van der Waals surface area (Å²) in [5, 5.41) is 18.0. The van der Waals surface area contributed by atoms with Crippen LogP contribution in [0.15, 0.2) is 23.6 Å². The Bertz CT molecular complexity index is 206. The summed E-state index contributed by atoms with van der Waals surface area (Å²) in [7, 11) is 0. The van der Waals surface area contributed by atoms with Crippen molar-refractivity contribution in [2.45, 2.75) is 12.1 Å². The Kier molecular flexibility index (Phi) is 1.42. The van der Waals surface area contributed by atoms with Gasteiger partial charge in [0.05, 0.1) is 5.70 Å². The second-order valence-corrected chi connectivity index (χ2v) is 2.38. The van der Waals surface area contributed by atoms with Gasteiger partial charge in [0.25, 0.3) is 0 Å². The van der Waals surface area contributed by atoms with Gasteiger partial charge in [-0.3, -0.25) is 5.73 Å². The van der Waals surface area contributed by atoms with Crippen molar-refractivity contribution < 1.29 is 10.2 Å². The molecule has 4 heteroatoms. The monoisotopic (exact) mass is 142 g/mol. The Morgan fingerprint density at radius 1 is 1.60 bits per heavy atom. The summed E-state index contributed by atoms with van der Waals surface area (Å²) in [6.07, 6.45) is 2.80. The highest BCUT2D eigenvalue weighted by Gasteiger charge is 2.21. The molecule has 0 amide bonds. The van der Waals surface area contributed by atoms with Gasteiger partial charge in [0, 0.05) is 6.42 Å². The third-order valence-corrected chi connectivity index (χ3v) is 1.32. The zero-order valence-corrected chi connectivity index (χ0v) is 5.41. The van der Waals surface area contributed by atoms with E-state index in [1.165, 1.54) is 12.2 Å². The minimum absolute atomic E-state index is 0.0184. The molecule has 10 heavy (non-hydrogen) atoms. The lowest BCUT2D eigenvalue weighted by Crippen LogP contribution is -2.39. The van der Waals surface area contributed by atoms with Crippen LogP contribution in [0.1, 0.15) is 6.42 Å². The molecule has 1 aliphatic rings. The predicted octanol–water partition coefficient (Wildman–Crippen LogP) is -0.678. The molecule has 0 saturated heterocycles. The molecule has 1 atom stereocenters. The van der Waals surface area contributed by atoms with Gasteiger partial charge in [-0.15, -0.1) is 0 Å². The van der Waals surface area contributed by atoms with Crippen LogP contribution in [-0.4, -0.2) is 15.9 Å². The Hall–Kier alpha value is -1.00. The zero-order chi connectivity index (χ0) is 7.78. The van der Waals surface area contributed by atoms with E-state index in [1.807, 2.05) is 0 Å².